The van der Waals surface area contributed by atoms with Crippen LogP contribution in [-0.4, -0.2) is 29.6 Å². The van der Waals surface area contributed by atoms with E-state index in [9.17, 15) is 4.79 Å². The summed E-state index contributed by atoms with van der Waals surface area (Å²) in [6.07, 6.45) is 0. The lowest BCUT2D eigenvalue weighted by Gasteiger charge is -2.14. The second-order valence-corrected chi connectivity index (χ2v) is 4.13. The quantitative estimate of drug-likeness (QED) is 0.689. The molecule has 15 heavy (non-hydrogen) atoms. The van der Waals surface area contributed by atoms with Crippen molar-refractivity contribution in [1.29, 1.82) is 0 Å². The Balaban J connectivity index is 2.66. The molecule has 0 saturated carbocycles. The highest BCUT2D eigenvalue weighted by Crippen LogP contribution is 2.30. The van der Waals surface area contributed by atoms with Gasteiger partial charge in [0.25, 0.3) is 5.91 Å². The van der Waals surface area contributed by atoms with E-state index in [1.165, 1.54) is 4.90 Å². The molecule has 0 bridgehead atoms. The van der Waals surface area contributed by atoms with Gasteiger partial charge in [0, 0.05) is 7.05 Å². The average molecular weight is 243 g/mol. The normalized spacial score (nSPS) is 15.8. The van der Waals surface area contributed by atoms with Crippen molar-refractivity contribution in [1.82, 2.24) is 4.90 Å². The van der Waals surface area contributed by atoms with Gasteiger partial charge in [0.2, 0.25) is 0 Å². The molecule has 1 amide bonds. The van der Waals surface area contributed by atoms with Crippen LogP contribution in [0.15, 0.2) is 23.2 Å². The van der Waals surface area contributed by atoms with Crippen LogP contribution in [0, 0.1) is 0 Å². The van der Waals surface area contributed by atoms with E-state index >= 15 is 0 Å². The zero-order valence-corrected chi connectivity index (χ0v) is 9.51. The van der Waals surface area contributed by atoms with Gasteiger partial charge in [-0.05, 0) is 12.1 Å². The molecule has 0 radical (unpaired) electrons. The van der Waals surface area contributed by atoms with Crippen molar-refractivity contribution in [3.63, 3.8) is 0 Å². The number of hydrogen-bond donors (Lipinski definition) is 0. The molecule has 2 rings (SSSR count). The molecule has 0 spiro atoms. The summed E-state index contributed by atoms with van der Waals surface area (Å²) in [5, 5.41) is 0.784. The van der Waals surface area contributed by atoms with Gasteiger partial charge in [-0.3, -0.25) is 4.79 Å². The van der Waals surface area contributed by atoms with Crippen LogP contribution in [0.3, 0.4) is 0 Å². The monoisotopic (exact) mass is 242 g/mol. The lowest BCUT2D eigenvalue weighted by atomic mass is 10.1. The Kier molecular flexibility index (Phi) is 2.67. The smallest absolute Gasteiger partial charge is 0.257 e. The average Bonchev–Trinajstić information content (AvgIpc) is 2.26. The number of nitrogens with zero attached hydrogens (tertiary/aromatic N) is 2. The van der Waals surface area contributed by atoms with Crippen LogP contribution in [0.25, 0.3) is 0 Å². The van der Waals surface area contributed by atoms with E-state index in [-0.39, 0.29) is 5.91 Å². The third-order valence-corrected chi connectivity index (χ3v) is 2.68. The van der Waals surface area contributed by atoms with Gasteiger partial charge in [-0.2, -0.15) is 0 Å². The second kappa shape index (κ2) is 3.83. The summed E-state index contributed by atoms with van der Waals surface area (Å²) in [6.45, 7) is 0.311. The first-order valence-corrected chi connectivity index (χ1v) is 5.12. The molecular formula is C10H8Cl2N2O. The van der Waals surface area contributed by atoms with Crippen molar-refractivity contribution in [2.24, 2.45) is 4.99 Å². The van der Waals surface area contributed by atoms with E-state index in [1.807, 2.05) is 0 Å². The molecule has 3 nitrogen and oxygen atoms in total. The summed E-state index contributed by atoms with van der Waals surface area (Å²) in [6, 6.07) is 5.13. The van der Waals surface area contributed by atoms with Gasteiger partial charge in [0.15, 0.2) is 0 Å². The largest absolute Gasteiger partial charge is 0.335 e. The van der Waals surface area contributed by atoms with Crippen molar-refractivity contribution < 1.29 is 4.79 Å². The molecule has 0 N–H and O–H groups in total. The summed E-state index contributed by atoms with van der Waals surface area (Å²) < 4.78 is 0. The van der Waals surface area contributed by atoms with Crippen LogP contribution < -0.4 is 0 Å². The Morgan fingerprint density at radius 2 is 2.13 bits per heavy atom. The fourth-order valence-corrected chi connectivity index (χ4v) is 1.96. The summed E-state index contributed by atoms with van der Waals surface area (Å²) in [4.78, 5) is 17.5. The zero-order chi connectivity index (χ0) is 11.0. The summed E-state index contributed by atoms with van der Waals surface area (Å²) in [5.74, 6) is -0.157. The van der Waals surface area contributed by atoms with Crippen molar-refractivity contribution >= 4 is 40.0 Å². The Bertz CT molecular complexity index is 457. The molecule has 1 heterocycles. The van der Waals surface area contributed by atoms with E-state index in [0.717, 1.165) is 0 Å². The third kappa shape index (κ3) is 1.85. The first kappa shape index (κ1) is 10.5. The van der Waals surface area contributed by atoms with Gasteiger partial charge in [-0.15, -0.1) is 0 Å². The SMILES string of the molecule is CN1CC(Cl)=Nc2cccc(Cl)c2C1=O. The predicted octanol–water partition coefficient (Wildman–Crippen LogP) is 2.69. The van der Waals surface area contributed by atoms with Crippen molar-refractivity contribution in [3.05, 3.63) is 28.8 Å². The highest BCUT2D eigenvalue weighted by molar-refractivity contribution is 6.66. The molecule has 0 atom stereocenters. The molecule has 0 fully saturated rings. The van der Waals surface area contributed by atoms with Crippen molar-refractivity contribution in [2.75, 3.05) is 13.6 Å². The summed E-state index contributed by atoms with van der Waals surface area (Å²) in [7, 11) is 1.67. The summed E-state index contributed by atoms with van der Waals surface area (Å²) in [5.41, 5.74) is 0.944. The van der Waals surface area contributed by atoms with Crippen molar-refractivity contribution in [3.8, 4) is 0 Å². The van der Waals surface area contributed by atoms with E-state index in [4.69, 9.17) is 23.2 Å². The van der Waals surface area contributed by atoms with E-state index in [1.54, 1.807) is 25.2 Å². The van der Waals surface area contributed by atoms with Crippen LogP contribution in [-0.2, 0) is 0 Å². The molecule has 1 aromatic rings. The molecule has 0 aliphatic carbocycles. The predicted molar refractivity (Wildman–Crippen MR) is 61.4 cm³/mol. The number of carbonyl (C=O) groups excluding carboxylic acids is 1. The van der Waals surface area contributed by atoms with Gasteiger partial charge in [0.1, 0.15) is 5.17 Å². The lowest BCUT2D eigenvalue weighted by Crippen LogP contribution is -2.29. The fourth-order valence-electron chi connectivity index (χ4n) is 1.44. The Morgan fingerprint density at radius 1 is 1.40 bits per heavy atom. The van der Waals surface area contributed by atoms with Crippen LogP contribution in [0.1, 0.15) is 10.4 Å². The first-order chi connectivity index (χ1) is 7.09. The summed E-state index contributed by atoms with van der Waals surface area (Å²) >= 11 is 11.8. The van der Waals surface area contributed by atoms with Crippen LogP contribution in [0.5, 0.6) is 0 Å². The molecule has 1 aliphatic heterocycles. The topological polar surface area (TPSA) is 32.7 Å². The second-order valence-electron chi connectivity index (χ2n) is 3.28. The van der Waals surface area contributed by atoms with Crippen LogP contribution in [0.2, 0.25) is 5.02 Å². The minimum absolute atomic E-state index is 0.157. The van der Waals surface area contributed by atoms with Gasteiger partial charge in [-0.1, -0.05) is 29.3 Å². The Hall–Kier alpha value is -1.06. The number of aliphatic imine (C=N–C) groups is 1. The van der Waals surface area contributed by atoms with E-state index in [2.05, 4.69) is 4.99 Å². The molecule has 0 unspecified atom stereocenters. The lowest BCUT2D eigenvalue weighted by molar-refractivity contribution is 0.0818. The molecular weight excluding hydrogens is 235 g/mol. The number of amides is 1. The van der Waals surface area contributed by atoms with Gasteiger partial charge < -0.3 is 4.90 Å². The molecule has 1 aromatic carbocycles. The van der Waals surface area contributed by atoms with Crippen molar-refractivity contribution in [2.45, 2.75) is 0 Å². The minimum Gasteiger partial charge on any atom is -0.335 e. The molecule has 0 saturated heterocycles. The standard InChI is InChI=1S/C10H8Cl2N2O/c1-14-5-8(12)13-7-4-2-3-6(11)9(7)10(14)15/h2-4H,5H2,1H3. The fraction of sp³-hybridized carbons (Fsp3) is 0.200. The maximum Gasteiger partial charge on any atom is 0.257 e. The van der Waals surface area contributed by atoms with E-state index < -0.39 is 0 Å². The molecule has 0 aromatic heterocycles. The molecule has 78 valence electrons. The number of carbonyl (C=O) groups is 1. The van der Waals surface area contributed by atoms with E-state index in [0.29, 0.717) is 28.0 Å². The van der Waals surface area contributed by atoms with Gasteiger partial charge in [-0.25, -0.2) is 4.99 Å². The Morgan fingerprint density at radius 3 is 2.87 bits per heavy atom. The molecule has 1 aliphatic rings. The number of halogens is 2. The molecule has 5 heteroatoms. The maximum atomic E-state index is 11.9. The highest BCUT2D eigenvalue weighted by atomic mass is 35.5. The minimum atomic E-state index is -0.157. The number of hydrogen-bond acceptors (Lipinski definition) is 2. The van der Waals surface area contributed by atoms with Crippen LogP contribution in [0.4, 0.5) is 5.69 Å². The highest BCUT2D eigenvalue weighted by Gasteiger charge is 2.22. The zero-order valence-electron chi connectivity index (χ0n) is 8.00. The first-order valence-electron chi connectivity index (χ1n) is 4.36. The van der Waals surface area contributed by atoms with Crippen LogP contribution >= 0.6 is 23.2 Å². The Labute approximate surface area is 97.3 Å². The number of benzene rings is 1. The third-order valence-electron chi connectivity index (χ3n) is 2.16. The maximum absolute atomic E-state index is 11.9. The number of rotatable bonds is 0. The van der Waals surface area contributed by atoms with Gasteiger partial charge >= 0.3 is 0 Å². The van der Waals surface area contributed by atoms with Gasteiger partial charge in [0.05, 0.1) is 22.8 Å². The number of fused-ring (bicyclic) bond motifs is 1.